The number of carbonyl (C=O) groups is 1. The lowest BCUT2D eigenvalue weighted by Crippen LogP contribution is -2.26. The van der Waals surface area contributed by atoms with E-state index in [1.54, 1.807) is 25.2 Å². The van der Waals surface area contributed by atoms with Gasteiger partial charge in [0.25, 0.3) is 0 Å². The van der Waals surface area contributed by atoms with Crippen molar-refractivity contribution < 1.29 is 9.53 Å². The molecule has 128 valence electrons. The summed E-state index contributed by atoms with van der Waals surface area (Å²) in [5, 5.41) is 3.29. The molecule has 1 aromatic carbocycles. The second-order valence-electron chi connectivity index (χ2n) is 5.58. The summed E-state index contributed by atoms with van der Waals surface area (Å²) in [7, 11) is 3.53. The highest BCUT2D eigenvalue weighted by Gasteiger charge is 2.07. The third-order valence-corrected chi connectivity index (χ3v) is 3.95. The molecule has 1 aromatic heterocycles. The minimum Gasteiger partial charge on any atom is -0.487 e. The van der Waals surface area contributed by atoms with E-state index in [4.69, 9.17) is 4.74 Å². The van der Waals surface area contributed by atoms with Gasteiger partial charge in [0.2, 0.25) is 5.91 Å². The van der Waals surface area contributed by atoms with Crippen molar-refractivity contribution >= 4 is 21.8 Å². The van der Waals surface area contributed by atoms with E-state index in [-0.39, 0.29) is 5.91 Å². The van der Waals surface area contributed by atoms with Crippen LogP contribution in [0.3, 0.4) is 0 Å². The van der Waals surface area contributed by atoms with Gasteiger partial charge in [0, 0.05) is 49.8 Å². The van der Waals surface area contributed by atoms with E-state index in [0.29, 0.717) is 26.1 Å². The molecule has 1 N–H and O–H groups in total. The van der Waals surface area contributed by atoms with Gasteiger partial charge in [-0.1, -0.05) is 22.0 Å². The molecule has 0 aliphatic heterocycles. The summed E-state index contributed by atoms with van der Waals surface area (Å²) in [5.41, 5.74) is 1.92. The van der Waals surface area contributed by atoms with E-state index in [0.717, 1.165) is 21.5 Å². The molecule has 2 rings (SSSR count). The van der Waals surface area contributed by atoms with Gasteiger partial charge in [-0.15, -0.1) is 0 Å². The number of aromatic nitrogens is 1. The first-order chi connectivity index (χ1) is 11.6. The van der Waals surface area contributed by atoms with Gasteiger partial charge in [0.15, 0.2) is 0 Å². The predicted octanol–water partition coefficient (Wildman–Crippen LogP) is 2.99. The van der Waals surface area contributed by atoms with Gasteiger partial charge in [-0.3, -0.25) is 9.78 Å². The molecule has 0 atom stereocenters. The molecule has 0 aliphatic rings. The third-order valence-electron chi connectivity index (χ3n) is 3.45. The Kier molecular flexibility index (Phi) is 7.21. The molecule has 1 amide bonds. The zero-order chi connectivity index (χ0) is 17.4. The molecule has 0 saturated heterocycles. The molecular formula is C18H22BrN3O2. The third kappa shape index (κ3) is 5.94. The number of hydrogen-bond donors (Lipinski definition) is 1. The summed E-state index contributed by atoms with van der Waals surface area (Å²) < 4.78 is 6.89. The van der Waals surface area contributed by atoms with Crippen molar-refractivity contribution in [2.75, 3.05) is 20.6 Å². The van der Waals surface area contributed by atoms with Gasteiger partial charge in [0.05, 0.1) is 5.69 Å². The summed E-state index contributed by atoms with van der Waals surface area (Å²) in [4.78, 5) is 17.4. The summed E-state index contributed by atoms with van der Waals surface area (Å²) >= 11 is 3.49. The number of hydrogen-bond acceptors (Lipinski definition) is 4. The normalized spacial score (nSPS) is 10.5. The van der Waals surface area contributed by atoms with E-state index in [1.807, 2.05) is 36.4 Å². The Hall–Kier alpha value is -1.92. The lowest BCUT2D eigenvalue weighted by molar-refractivity contribution is -0.128. The lowest BCUT2D eigenvalue weighted by Gasteiger charge is -2.13. The number of carbonyl (C=O) groups excluding carboxylic acids is 1. The number of rotatable bonds is 8. The van der Waals surface area contributed by atoms with Crippen LogP contribution >= 0.6 is 15.9 Å². The minimum atomic E-state index is 0.114. The fourth-order valence-electron chi connectivity index (χ4n) is 2.10. The van der Waals surface area contributed by atoms with Crippen LogP contribution in [0.25, 0.3) is 0 Å². The zero-order valence-electron chi connectivity index (χ0n) is 14.0. The fraction of sp³-hybridized carbons (Fsp3) is 0.333. The molecule has 0 aliphatic carbocycles. The van der Waals surface area contributed by atoms with Crippen LogP contribution in [-0.2, 0) is 17.9 Å². The molecule has 24 heavy (non-hydrogen) atoms. The van der Waals surface area contributed by atoms with Crippen LogP contribution in [0, 0.1) is 0 Å². The maximum absolute atomic E-state index is 11.6. The van der Waals surface area contributed by atoms with Crippen molar-refractivity contribution in [2.45, 2.75) is 19.6 Å². The van der Waals surface area contributed by atoms with E-state index in [2.05, 4.69) is 26.2 Å². The van der Waals surface area contributed by atoms with Crippen LogP contribution in [0.1, 0.15) is 17.7 Å². The topological polar surface area (TPSA) is 54.5 Å². The number of amides is 1. The first kappa shape index (κ1) is 18.4. The predicted molar refractivity (Wildman–Crippen MR) is 97.7 cm³/mol. The summed E-state index contributed by atoms with van der Waals surface area (Å²) in [6.45, 7) is 1.69. The van der Waals surface area contributed by atoms with Crippen molar-refractivity contribution in [3.8, 4) is 5.75 Å². The van der Waals surface area contributed by atoms with Crippen LogP contribution in [-0.4, -0.2) is 36.4 Å². The number of benzene rings is 1. The molecule has 1 heterocycles. The van der Waals surface area contributed by atoms with Crippen LogP contribution in [0.2, 0.25) is 0 Å². The first-order valence-corrected chi connectivity index (χ1v) is 8.57. The van der Waals surface area contributed by atoms with Gasteiger partial charge in [-0.05, 0) is 30.3 Å². The fourth-order valence-corrected chi connectivity index (χ4v) is 2.51. The Morgan fingerprint density at radius 3 is 2.83 bits per heavy atom. The lowest BCUT2D eigenvalue weighted by atomic mass is 10.2. The van der Waals surface area contributed by atoms with Crippen molar-refractivity contribution in [3.63, 3.8) is 0 Å². The van der Waals surface area contributed by atoms with Crippen molar-refractivity contribution in [1.29, 1.82) is 0 Å². The van der Waals surface area contributed by atoms with E-state index < -0.39 is 0 Å². The maximum atomic E-state index is 11.6. The quantitative estimate of drug-likeness (QED) is 0.702. The highest BCUT2D eigenvalue weighted by molar-refractivity contribution is 9.10. The molecule has 0 unspecified atom stereocenters. The number of nitrogens with one attached hydrogen (secondary N) is 1. The molecule has 0 bridgehead atoms. The molecule has 0 saturated carbocycles. The van der Waals surface area contributed by atoms with Gasteiger partial charge in [-0.2, -0.15) is 0 Å². The molecule has 2 aromatic rings. The maximum Gasteiger partial charge on any atom is 0.223 e. The van der Waals surface area contributed by atoms with Gasteiger partial charge < -0.3 is 15.0 Å². The van der Waals surface area contributed by atoms with Crippen LogP contribution in [0.5, 0.6) is 5.75 Å². The minimum absolute atomic E-state index is 0.114. The number of ether oxygens (including phenoxy) is 1. The van der Waals surface area contributed by atoms with Crippen LogP contribution < -0.4 is 10.1 Å². The SMILES string of the molecule is CN(C)C(=O)CCNCc1cc(Br)ccc1OCc1ccccn1. The molecule has 5 nitrogen and oxygen atoms in total. The Labute approximate surface area is 151 Å². The number of nitrogens with zero attached hydrogens (tertiary/aromatic N) is 2. The van der Waals surface area contributed by atoms with Crippen LogP contribution in [0.15, 0.2) is 47.1 Å². The van der Waals surface area contributed by atoms with E-state index in [9.17, 15) is 4.79 Å². The molecule has 0 fully saturated rings. The molecular weight excluding hydrogens is 370 g/mol. The Morgan fingerprint density at radius 2 is 2.12 bits per heavy atom. The monoisotopic (exact) mass is 391 g/mol. The zero-order valence-corrected chi connectivity index (χ0v) is 15.5. The standard InChI is InChI=1S/C18H22BrN3O2/c1-22(2)18(23)8-10-20-12-14-11-15(19)6-7-17(14)24-13-16-5-3-4-9-21-16/h3-7,9,11,20H,8,10,12-13H2,1-2H3. The second kappa shape index (κ2) is 9.39. The Balaban J connectivity index is 1.91. The van der Waals surface area contributed by atoms with Gasteiger partial charge in [0.1, 0.15) is 12.4 Å². The highest BCUT2D eigenvalue weighted by atomic mass is 79.9. The largest absolute Gasteiger partial charge is 0.487 e. The molecule has 6 heteroatoms. The van der Waals surface area contributed by atoms with Gasteiger partial charge in [-0.25, -0.2) is 0 Å². The van der Waals surface area contributed by atoms with Gasteiger partial charge >= 0.3 is 0 Å². The van der Waals surface area contributed by atoms with E-state index >= 15 is 0 Å². The summed E-state index contributed by atoms with van der Waals surface area (Å²) in [6.07, 6.45) is 2.23. The van der Waals surface area contributed by atoms with Crippen molar-refractivity contribution in [1.82, 2.24) is 15.2 Å². The number of pyridine rings is 1. The first-order valence-electron chi connectivity index (χ1n) is 7.78. The Bertz CT molecular complexity index is 663. The second-order valence-corrected chi connectivity index (χ2v) is 6.49. The average molecular weight is 392 g/mol. The summed E-state index contributed by atoms with van der Waals surface area (Å²) in [5.74, 6) is 0.929. The van der Waals surface area contributed by atoms with Crippen molar-refractivity contribution in [2.24, 2.45) is 0 Å². The highest BCUT2D eigenvalue weighted by Crippen LogP contribution is 2.24. The van der Waals surface area contributed by atoms with E-state index in [1.165, 1.54) is 0 Å². The Morgan fingerprint density at radius 1 is 1.29 bits per heavy atom. The number of halogens is 1. The summed E-state index contributed by atoms with van der Waals surface area (Å²) in [6, 6.07) is 11.7. The average Bonchev–Trinajstić information content (AvgIpc) is 2.58. The van der Waals surface area contributed by atoms with Crippen molar-refractivity contribution in [3.05, 3.63) is 58.3 Å². The smallest absolute Gasteiger partial charge is 0.223 e. The molecule has 0 radical (unpaired) electrons. The molecule has 0 spiro atoms. The van der Waals surface area contributed by atoms with Crippen LogP contribution in [0.4, 0.5) is 0 Å².